The lowest BCUT2D eigenvalue weighted by atomic mass is 10.2. The van der Waals surface area contributed by atoms with Crippen molar-refractivity contribution >= 4 is 15.9 Å². The molecule has 0 bridgehead atoms. The van der Waals surface area contributed by atoms with Gasteiger partial charge in [-0.05, 0) is 45.8 Å². The Morgan fingerprint density at radius 2 is 1.67 bits per heavy atom. The maximum Gasteiger partial charge on any atom is 0.133 e. The maximum absolute atomic E-state index is 5.78. The summed E-state index contributed by atoms with van der Waals surface area (Å²) in [6.45, 7) is 0.923. The number of nitrogens with two attached hydrogens (primary N) is 1. The Labute approximate surface area is 132 Å². The monoisotopic (exact) mass is 351 g/mol. The Balaban J connectivity index is 2.14. The van der Waals surface area contributed by atoms with Gasteiger partial charge in [-0.15, -0.1) is 0 Å². The second kappa shape index (κ2) is 7.33. The van der Waals surface area contributed by atoms with E-state index in [4.69, 9.17) is 19.9 Å². The summed E-state index contributed by atoms with van der Waals surface area (Å²) in [6.07, 6.45) is 0. The second-order valence-corrected chi connectivity index (χ2v) is 5.29. The average molecular weight is 352 g/mol. The Hall–Kier alpha value is -1.72. The molecule has 0 spiro atoms. The zero-order chi connectivity index (χ0) is 15.2. The molecule has 0 unspecified atom stereocenters. The van der Waals surface area contributed by atoms with E-state index in [1.54, 1.807) is 14.2 Å². The molecule has 0 aliphatic carbocycles. The van der Waals surface area contributed by atoms with Crippen LogP contribution in [-0.2, 0) is 13.2 Å². The van der Waals surface area contributed by atoms with Gasteiger partial charge in [-0.3, -0.25) is 0 Å². The van der Waals surface area contributed by atoms with E-state index in [0.29, 0.717) is 13.2 Å². The topological polar surface area (TPSA) is 53.7 Å². The van der Waals surface area contributed by atoms with Crippen molar-refractivity contribution in [2.75, 3.05) is 14.2 Å². The summed E-state index contributed by atoms with van der Waals surface area (Å²) in [5, 5.41) is 0. The van der Waals surface area contributed by atoms with Crippen LogP contribution in [0.1, 0.15) is 11.1 Å². The molecule has 4 nitrogen and oxygen atoms in total. The van der Waals surface area contributed by atoms with Crippen molar-refractivity contribution in [3.05, 3.63) is 52.0 Å². The Morgan fingerprint density at radius 1 is 1.00 bits per heavy atom. The van der Waals surface area contributed by atoms with Crippen molar-refractivity contribution in [1.82, 2.24) is 0 Å². The normalized spacial score (nSPS) is 10.3. The van der Waals surface area contributed by atoms with E-state index in [1.165, 1.54) is 0 Å². The minimum Gasteiger partial charge on any atom is -0.496 e. The molecule has 0 atom stereocenters. The summed E-state index contributed by atoms with van der Waals surface area (Å²) >= 11 is 3.44. The number of benzene rings is 2. The average Bonchev–Trinajstić information content (AvgIpc) is 2.53. The van der Waals surface area contributed by atoms with E-state index < -0.39 is 0 Å². The molecule has 0 aliphatic heterocycles. The third kappa shape index (κ3) is 3.89. The van der Waals surface area contributed by atoms with Crippen molar-refractivity contribution in [1.29, 1.82) is 0 Å². The summed E-state index contributed by atoms with van der Waals surface area (Å²) in [7, 11) is 3.26. The molecule has 2 aromatic carbocycles. The zero-order valence-electron chi connectivity index (χ0n) is 12.1. The molecule has 21 heavy (non-hydrogen) atoms. The van der Waals surface area contributed by atoms with Gasteiger partial charge in [0.15, 0.2) is 0 Å². The largest absolute Gasteiger partial charge is 0.496 e. The summed E-state index contributed by atoms with van der Waals surface area (Å²) in [5.74, 6) is 2.28. The van der Waals surface area contributed by atoms with E-state index >= 15 is 0 Å². The highest BCUT2D eigenvalue weighted by molar-refractivity contribution is 9.10. The zero-order valence-corrected chi connectivity index (χ0v) is 13.6. The van der Waals surface area contributed by atoms with Crippen molar-refractivity contribution in [3.63, 3.8) is 0 Å². The van der Waals surface area contributed by atoms with Crippen molar-refractivity contribution in [2.24, 2.45) is 5.73 Å². The van der Waals surface area contributed by atoms with E-state index in [-0.39, 0.29) is 0 Å². The standard InChI is InChI=1S/C16H18BrNO3/c1-19-15-8-14(17)16(20-2)7-12(15)10-21-13-5-3-11(9-18)4-6-13/h3-8H,9-10,18H2,1-2H3. The van der Waals surface area contributed by atoms with E-state index in [0.717, 1.165) is 32.8 Å². The fourth-order valence-electron chi connectivity index (χ4n) is 1.92. The Kier molecular flexibility index (Phi) is 5.47. The first-order chi connectivity index (χ1) is 10.2. The lowest BCUT2D eigenvalue weighted by Crippen LogP contribution is -2.01. The van der Waals surface area contributed by atoms with Crippen LogP contribution in [0.5, 0.6) is 17.2 Å². The number of hydrogen-bond acceptors (Lipinski definition) is 4. The van der Waals surface area contributed by atoms with Crippen LogP contribution in [0.15, 0.2) is 40.9 Å². The first-order valence-electron chi connectivity index (χ1n) is 6.50. The molecular formula is C16H18BrNO3. The number of hydrogen-bond donors (Lipinski definition) is 1. The van der Waals surface area contributed by atoms with Gasteiger partial charge < -0.3 is 19.9 Å². The number of methoxy groups -OCH3 is 2. The molecule has 0 saturated carbocycles. The molecule has 0 aromatic heterocycles. The van der Waals surface area contributed by atoms with Crippen molar-refractivity contribution in [3.8, 4) is 17.2 Å². The molecule has 0 radical (unpaired) electrons. The smallest absolute Gasteiger partial charge is 0.133 e. The van der Waals surface area contributed by atoms with Gasteiger partial charge in [-0.2, -0.15) is 0 Å². The van der Waals surface area contributed by atoms with Crippen LogP contribution in [0.25, 0.3) is 0 Å². The lowest BCUT2D eigenvalue weighted by Gasteiger charge is -2.13. The predicted octanol–water partition coefficient (Wildman–Crippen LogP) is 3.50. The Morgan fingerprint density at radius 3 is 2.24 bits per heavy atom. The highest BCUT2D eigenvalue weighted by Gasteiger charge is 2.10. The fourth-order valence-corrected chi connectivity index (χ4v) is 2.40. The molecule has 2 N–H and O–H groups in total. The number of rotatable bonds is 6. The van der Waals surface area contributed by atoms with E-state index in [2.05, 4.69) is 15.9 Å². The highest BCUT2D eigenvalue weighted by Crippen LogP contribution is 2.33. The SMILES string of the molecule is COc1cc(COc2ccc(CN)cc2)c(OC)cc1Br. The first-order valence-corrected chi connectivity index (χ1v) is 7.29. The molecular weight excluding hydrogens is 334 g/mol. The fraction of sp³-hybridized carbons (Fsp3) is 0.250. The van der Waals surface area contributed by atoms with Gasteiger partial charge in [-0.1, -0.05) is 12.1 Å². The van der Waals surface area contributed by atoms with Crippen LogP contribution in [0.3, 0.4) is 0 Å². The van der Waals surface area contributed by atoms with Gasteiger partial charge in [0.1, 0.15) is 23.9 Å². The quantitative estimate of drug-likeness (QED) is 0.865. The maximum atomic E-state index is 5.78. The molecule has 0 saturated heterocycles. The van der Waals surface area contributed by atoms with Gasteiger partial charge in [0.25, 0.3) is 0 Å². The summed E-state index contributed by atoms with van der Waals surface area (Å²) in [6, 6.07) is 11.5. The van der Waals surface area contributed by atoms with Crippen LogP contribution in [0.2, 0.25) is 0 Å². The molecule has 0 heterocycles. The molecule has 2 rings (SSSR count). The minimum atomic E-state index is 0.398. The van der Waals surface area contributed by atoms with Crippen LogP contribution in [-0.4, -0.2) is 14.2 Å². The van der Waals surface area contributed by atoms with Crippen LogP contribution in [0, 0.1) is 0 Å². The summed E-state index contributed by atoms with van der Waals surface area (Å²) < 4.78 is 17.3. The van der Waals surface area contributed by atoms with Gasteiger partial charge in [-0.25, -0.2) is 0 Å². The van der Waals surface area contributed by atoms with E-state index in [9.17, 15) is 0 Å². The van der Waals surface area contributed by atoms with Crippen LogP contribution < -0.4 is 19.9 Å². The molecule has 0 amide bonds. The van der Waals surface area contributed by atoms with Gasteiger partial charge in [0, 0.05) is 12.1 Å². The number of halogens is 1. The van der Waals surface area contributed by atoms with Gasteiger partial charge >= 0.3 is 0 Å². The Bertz CT molecular complexity index is 599. The third-order valence-corrected chi connectivity index (χ3v) is 3.73. The van der Waals surface area contributed by atoms with Crippen molar-refractivity contribution < 1.29 is 14.2 Å². The van der Waals surface area contributed by atoms with Crippen LogP contribution in [0.4, 0.5) is 0 Å². The summed E-state index contributed by atoms with van der Waals surface area (Å²) in [4.78, 5) is 0. The number of ether oxygens (including phenoxy) is 3. The molecule has 0 fully saturated rings. The predicted molar refractivity (Wildman–Crippen MR) is 85.9 cm³/mol. The molecule has 112 valence electrons. The van der Waals surface area contributed by atoms with E-state index in [1.807, 2.05) is 36.4 Å². The first kappa shape index (κ1) is 15.7. The second-order valence-electron chi connectivity index (χ2n) is 4.44. The molecule has 2 aromatic rings. The lowest BCUT2D eigenvalue weighted by molar-refractivity contribution is 0.295. The summed E-state index contributed by atoms with van der Waals surface area (Å²) in [5.41, 5.74) is 7.56. The molecule has 0 aliphatic rings. The van der Waals surface area contributed by atoms with Crippen LogP contribution >= 0.6 is 15.9 Å². The third-order valence-electron chi connectivity index (χ3n) is 3.11. The molecule has 5 heteroatoms. The van der Waals surface area contributed by atoms with Crippen molar-refractivity contribution in [2.45, 2.75) is 13.2 Å². The highest BCUT2D eigenvalue weighted by atomic mass is 79.9. The van der Waals surface area contributed by atoms with Gasteiger partial charge in [0.05, 0.1) is 18.7 Å². The minimum absolute atomic E-state index is 0.398. The van der Waals surface area contributed by atoms with Gasteiger partial charge in [0.2, 0.25) is 0 Å².